The summed E-state index contributed by atoms with van der Waals surface area (Å²) in [7, 11) is 0. The van der Waals surface area contributed by atoms with Gasteiger partial charge in [0.15, 0.2) is 11.6 Å². The minimum absolute atomic E-state index is 0.1000. The van der Waals surface area contributed by atoms with Crippen molar-refractivity contribution < 1.29 is 4.79 Å². The average molecular weight is 322 g/mol. The number of benzene rings is 1. The molecule has 0 spiro atoms. The summed E-state index contributed by atoms with van der Waals surface area (Å²) < 4.78 is 1.91. The molecular weight excluding hydrogens is 304 g/mol. The van der Waals surface area contributed by atoms with Crippen LogP contribution in [0.5, 0.6) is 0 Å². The monoisotopic (exact) mass is 322 g/mol. The number of carbonyl (C=O) groups is 1. The van der Waals surface area contributed by atoms with Gasteiger partial charge in [0.05, 0.1) is 18.3 Å². The molecule has 1 aromatic carbocycles. The lowest BCUT2D eigenvalue weighted by molar-refractivity contribution is -0.136. The van der Waals surface area contributed by atoms with Gasteiger partial charge in [-0.25, -0.2) is 0 Å². The van der Waals surface area contributed by atoms with Gasteiger partial charge < -0.3 is 4.90 Å². The Hall–Kier alpha value is -2.96. The number of fused-ring (bicyclic) bond motifs is 1. The second-order valence-corrected chi connectivity index (χ2v) is 5.97. The number of aromatic nitrogens is 5. The maximum Gasteiger partial charge on any atom is 0.245 e. The standard InChI is InChI=1S/C17H18N6O/c1-12-17(24)22(8-7-13-5-3-2-4-6-13)11-15-20-21-16(23(12)15)14-9-18-19-10-14/h2-6,9-10,12H,7-8,11H2,1H3,(H,18,19)/t12-/m1/s1. The molecular formula is C17H18N6O. The third-order valence-electron chi connectivity index (χ3n) is 4.42. The Morgan fingerprint density at radius 3 is 2.83 bits per heavy atom. The van der Waals surface area contributed by atoms with Crippen molar-refractivity contribution in [3.63, 3.8) is 0 Å². The molecule has 1 atom stereocenters. The van der Waals surface area contributed by atoms with Crippen LogP contribution in [0.3, 0.4) is 0 Å². The lowest BCUT2D eigenvalue weighted by Crippen LogP contribution is -2.42. The van der Waals surface area contributed by atoms with Gasteiger partial charge in [-0.15, -0.1) is 10.2 Å². The first kappa shape index (κ1) is 14.6. The van der Waals surface area contributed by atoms with Crippen molar-refractivity contribution in [1.29, 1.82) is 0 Å². The van der Waals surface area contributed by atoms with Gasteiger partial charge in [-0.3, -0.25) is 14.5 Å². The average Bonchev–Trinajstić information content (AvgIpc) is 3.27. The van der Waals surface area contributed by atoms with Crippen LogP contribution in [0.1, 0.15) is 24.4 Å². The maximum atomic E-state index is 12.8. The largest absolute Gasteiger partial charge is 0.333 e. The first-order chi connectivity index (χ1) is 11.7. The van der Waals surface area contributed by atoms with E-state index in [1.807, 2.05) is 34.6 Å². The summed E-state index contributed by atoms with van der Waals surface area (Å²) in [6.07, 6.45) is 4.29. The number of H-pyrrole nitrogens is 1. The predicted molar refractivity (Wildman–Crippen MR) is 87.9 cm³/mol. The van der Waals surface area contributed by atoms with Crippen molar-refractivity contribution in [1.82, 2.24) is 29.9 Å². The van der Waals surface area contributed by atoms with Crippen LogP contribution in [0.25, 0.3) is 11.4 Å². The molecule has 0 fully saturated rings. The van der Waals surface area contributed by atoms with Gasteiger partial charge in [0.25, 0.3) is 0 Å². The van der Waals surface area contributed by atoms with Gasteiger partial charge in [-0.2, -0.15) is 5.10 Å². The molecule has 2 aromatic heterocycles. The minimum atomic E-state index is -0.315. The summed E-state index contributed by atoms with van der Waals surface area (Å²) in [5.41, 5.74) is 2.07. The van der Waals surface area contributed by atoms with Crippen LogP contribution in [0, 0.1) is 0 Å². The summed E-state index contributed by atoms with van der Waals surface area (Å²) in [4.78, 5) is 14.6. The molecule has 1 aliphatic rings. The van der Waals surface area contributed by atoms with Crippen LogP contribution < -0.4 is 0 Å². The van der Waals surface area contributed by atoms with Crippen molar-refractivity contribution in [2.75, 3.05) is 6.54 Å². The molecule has 7 heteroatoms. The molecule has 1 N–H and O–H groups in total. The Kier molecular flexibility index (Phi) is 3.60. The molecule has 0 aliphatic carbocycles. The van der Waals surface area contributed by atoms with E-state index in [4.69, 9.17) is 0 Å². The topological polar surface area (TPSA) is 79.7 Å². The fourth-order valence-electron chi connectivity index (χ4n) is 3.13. The van der Waals surface area contributed by atoms with E-state index in [1.54, 1.807) is 12.4 Å². The number of rotatable bonds is 4. The summed E-state index contributed by atoms with van der Waals surface area (Å²) in [5.74, 6) is 1.59. The van der Waals surface area contributed by atoms with Gasteiger partial charge in [-0.1, -0.05) is 30.3 Å². The zero-order valence-electron chi connectivity index (χ0n) is 13.4. The number of aromatic amines is 1. The van der Waals surface area contributed by atoms with Gasteiger partial charge in [0, 0.05) is 12.7 Å². The summed E-state index contributed by atoms with van der Waals surface area (Å²) in [6.45, 7) is 3.06. The Bertz CT molecular complexity index is 839. The maximum absolute atomic E-state index is 12.8. The van der Waals surface area contributed by atoms with Crippen molar-refractivity contribution in [2.45, 2.75) is 25.9 Å². The van der Waals surface area contributed by atoms with Crippen LogP contribution in [-0.2, 0) is 17.8 Å². The van der Waals surface area contributed by atoms with E-state index < -0.39 is 0 Å². The number of hydrogen-bond acceptors (Lipinski definition) is 4. The molecule has 122 valence electrons. The summed E-state index contributed by atoms with van der Waals surface area (Å²) >= 11 is 0. The molecule has 1 aliphatic heterocycles. The molecule has 0 saturated carbocycles. The van der Waals surface area contributed by atoms with Gasteiger partial charge in [0.1, 0.15) is 6.04 Å². The lowest BCUT2D eigenvalue weighted by Gasteiger charge is -2.32. The number of nitrogens with one attached hydrogen (secondary N) is 1. The molecule has 0 radical (unpaired) electrons. The Balaban J connectivity index is 1.56. The number of nitrogens with zero attached hydrogens (tertiary/aromatic N) is 5. The van der Waals surface area contributed by atoms with E-state index in [0.29, 0.717) is 18.9 Å². The molecule has 4 rings (SSSR count). The zero-order valence-corrected chi connectivity index (χ0v) is 13.4. The van der Waals surface area contributed by atoms with Crippen LogP contribution in [0.2, 0.25) is 0 Å². The van der Waals surface area contributed by atoms with E-state index in [2.05, 4.69) is 32.5 Å². The van der Waals surface area contributed by atoms with Crippen molar-refractivity contribution in [3.05, 3.63) is 54.1 Å². The van der Waals surface area contributed by atoms with Gasteiger partial charge in [-0.05, 0) is 18.9 Å². The van der Waals surface area contributed by atoms with Crippen molar-refractivity contribution in [2.24, 2.45) is 0 Å². The fourth-order valence-corrected chi connectivity index (χ4v) is 3.13. The number of amides is 1. The highest BCUT2D eigenvalue weighted by Gasteiger charge is 2.33. The van der Waals surface area contributed by atoms with E-state index in [0.717, 1.165) is 17.8 Å². The van der Waals surface area contributed by atoms with Crippen molar-refractivity contribution in [3.8, 4) is 11.4 Å². The predicted octanol–water partition coefficient (Wildman–Crippen LogP) is 1.81. The third-order valence-corrected chi connectivity index (χ3v) is 4.42. The second kappa shape index (κ2) is 5.92. The Labute approximate surface area is 139 Å². The molecule has 1 amide bonds. The first-order valence-corrected chi connectivity index (χ1v) is 7.99. The fraction of sp³-hybridized carbons (Fsp3) is 0.294. The van der Waals surface area contributed by atoms with Crippen LogP contribution >= 0.6 is 0 Å². The van der Waals surface area contributed by atoms with Gasteiger partial charge in [0.2, 0.25) is 5.91 Å². The highest BCUT2D eigenvalue weighted by molar-refractivity contribution is 5.82. The van der Waals surface area contributed by atoms with E-state index in [-0.39, 0.29) is 11.9 Å². The highest BCUT2D eigenvalue weighted by atomic mass is 16.2. The normalized spacial score (nSPS) is 17.1. The highest BCUT2D eigenvalue weighted by Crippen LogP contribution is 2.27. The van der Waals surface area contributed by atoms with Crippen molar-refractivity contribution >= 4 is 5.91 Å². The smallest absolute Gasteiger partial charge is 0.245 e. The molecule has 24 heavy (non-hydrogen) atoms. The van der Waals surface area contributed by atoms with Crippen LogP contribution in [0.4, 0.5) is 0 Å². The summed E-state index contributed by atoms with van der Waals surface area (Å²) in [6, 6.07) is 9.88. The molecule has 0 unspecified atom stereocenters. The minimum Gasteiger partial charge on any atom is -0.333 e. The Morgan fingerprint density at radius 1 is 1.25 bits per heavy atom. The third kappa shape index (κ3) is 2.47. The molecule has 3 heterocycles. The zero-order chi connectivity index (χ0) is 16.5. The van der Waals surface area contributed by atoms with E-state index in [9.17, 15) is 4.79 Å². The first-order valence-electron chi connectivity index (χ1n) is 7.99. The van der Waals surface area contributed by atoms with E-state index >= 15 is 0 Å². The molecule has 0 saturated heterocycles. The Morgan fingerprint density at radius 2 is 2.08 bits per heavy atom. The number of carbonyl (C=O) groups excluding carboxylic acids is 1. The molecule has 0 bridgehead atoms. The molecule has 7 nitrogen and oxygen atoms in total. The quantitative estimate of drug-likeness (QED) is 0.794. The summed E-state index contributed by atoms with van der Waals surface area (Å²) in [5, 5.41) is 15.3. The lowest BCUT2D eigenvalue weighted by atomic mass is 10.1. The molecule has 3 aromatic rings. The number of hydrogen-bond donors (Lipinski definition) is 1. The second-order valence-electron chi connectivity index (χ2n) is 5.97. The van der Waals surface area contributed by atoms with Crippen LogP contribution in [-0.4, -0.2) is 42.3 Å². The van der Waals surface area contributed by atoms with Gasteiger partial charge >= 0.3 is 0 Å². The van der Waals surface area contributed by atoms with Crippen LogP contribution in [0.15, 0.2) is 42.7 Å². The van der Waals surface area contributed by atoms with E-state index in [1.165, 1.54) is 5.56 Å². The SMILES string of the molecule is C[C@@H]1C(=O)N(CCc2ccccc2)Cc2nnc(-c3cn[nH]c3)n21.